The largest absolute Gasteiger partial charge is 0.278 e. The number of nitrogens with zero attached hydrogens (tertiary/aromatic N) is 1. The molecular weight excluding hydrogens is 216 g/mol. The summed E-state index contributed by atoms with van der Waals surface area (Å²) in [5, 5.41) is 6.32. The van der Waals surface area contributed by atoms with Gasteiger partial charge in [0.1, 0.15) is 0 Å². The molecule has 0 saturated heterocycles. The molecule has 0 saturated carbocycles. The monoisotopic (exact) mass is 230 g/mol. The first-order chi connectivity index (χ1) is 7.77. The second kappa shape index (κ2) is 4.94. The molecule has 1 aromatic heterocycles. The number of anilines is 1. The van der Waals surface area contributed by atoms with Crippen molar-refractivity contribution >= 4 is 23.2 Å². The van der Waals surface area contributed by atoms with E-state index in [0.29, 0.717) is 0 Å². The van der Waals surface area contributed by atoms with Gasteiger partial charge in [0.05, 0.1) is 11.9 Å². The van der Waals surface area contributed by atoms with E-state index in [9.17, 15) is 0 Å². The van der Waals surface area contributed by atoms with Crippen molar-refractivity contribution in [3.05, 3.63) is 51.7 Å². The van der Waals surface area contributed by atoms with Gasteiger partial charge in [-0.05, 0) is 42.5 Å². The van der Waals surface area contributed by atoms with Crippen molar-refractivity contribution in [2.24, 2.45) is 5.10 Å². The van der Waals surface area contributed by atoms with Crippen LogP contribution in [0, 0.1) is 13.8 Å². The molecule has 2 aromatic rings. The lowest BCUT2D eigenvalue weighted by molar-refractivity contribution is 1.31. The third kappa shape index (κ3) is 2.49. The lowest BCUT2D eigenvalue weighted by Crippen LogP contribution is -1.92. The predicted molar refractivity (Wildman–Crippen MR) is 71.5 cm³/mol. The smallest absolute Gasteiger partial charge is 0.0647 e. The highest BCUT2D eigenvalue weighted by molar-refractivity contribution is 7.11. The number of hydrazone groups is 1. The Morgan fingerprint density at radius 2 is 1.94 bits per heavy atom. The van der Waals surface area contributed by atoms with Crippen molar-refractivity contribution in [2.75, 3.05) is 5.43 Å². The fraction of sp³-hybridized carbons (Fsp3) is 0.154. The normalized spacial score (nSPS) is 10.9. The minimum Gasteiger partial charge on any atom is -0.278 e. The minimum absolute atomic E-state index is 1.05. The summed E-state index contributed by atoms with van der Waals surface area (Å²) in [5.74, 6) is 0. The zero-order chi connectivity index (χ0) is 11.4. The number of hydrogen-bond donors (Lipinski definition) is 1. The molecule has 82 valence electrons. The molecule has 0 spiro atoms. The summed E-state index contributed by atoms with van der Waals surface area (Å²) in [6.45, 7) is 4.15. The topological polar surface area (TPSA) is 24.4 Å². The Bertz CT molecular complexity index is 500. The summed E-state index contributed by atoms with van der Waals surface area (Å²) in [6, 6.07) is 10.2. The zero-order valence-electron chi connectivity index (χ0n) is 9.40. The average molecular weight is 230 g/mol. The molecule has 16 heavy (non-hydrogen) atoms. The van der Waals surface area contributed by atoms with Crippen LogP contribution in [0.1, 0.15) is 16.0 Å². The Labute approximate surface area is 99.6 Å². The van der Waals surface area contributed by atoms with Gasteiger partial charge in [-0.25, -0.2) is 0 Å². The number of para-hydroxylation sites is 1. The maximum absolute atomic E-state index is 4.24. The van der Waals surface area contributed by atoms with Gasteiger partial charge in [0.15, 0.2) is 0 Å². The SMILES string of the molecule is Cc1ccccc1N/N=C\c1sccc1C. The number of rotatable bonds is 3. The van der Waals surface area contributed by atoms with Gasteiger partial charge in [0.2, 0.25) is 0 Å². The molecule has 0 bridgehead atoms. The number of thiophene rings is 1. The standard InChI is InChI=1S/C13H14N2S/c1-10-5-3-4-6-12(10)15-14-9-13-11(2)7-8-16-13/h3-9,15H,1-2H3/b14-9-. The van der Waals surface area contributed by atoms with Gasteiger partial charge in [-0.1, -0.05) is 18.2 Å². The first-order valence-electron chi connectivity index (χ1n) is 5.16. The van der Waals surface area contributed by atoms with Crippen LogP contribution >= 0.6 is 11.3 Å². The van der Waals surface area contributed by atoms with Gasteiger partial charge in [-0.15, -0.1) is 11.3 Å². The van der Waals surface area contributed by atoms with Gasteiger partial charge in [-0.2, -0.15) is 5.10 Å². The van der Waals surface area contributed by atoms with E-state index in [2.05, 4.69) is 41.9 Å². The molecular formula is C13H14N2S. The molecule has 0 atom stereocenters. The molecule has 0 unspecified atom stereocenters. The van der Waals surface area contributed by atoms with Crippen LogP contribution in [-0.2, 0) is 0 Å². The van der Waals surface area contributed by atoms with Gasteiger partial charge in [-0.3, -0.25) is 5.43 Å². The molecule has 2 rings (SSSR count). The Hall–Kier alpha value is -1.61. The van der Waals surface area contributed by atoms with E-state index in [4.69, 9.17) is 0 Å². The minimum atomic E-state index is 1.05. The molecule has 2 nitrogen and oxygen atoms in total. The van der Waals surface area contributed by atoms with E-state index in [1.54, 1.807) is 11.3 Å². The lowest BCUT2D eigenvalue weighted by Gasteiger charge is -2.02. The quantitative estimate of drug-likeness (QED) is 0.629. The van der Waals surface area contributed by atoms with Crippen LogP contribution in [0.5, 0.6) is 0 Å². The number of nitrogens with one attached hydrogen (secondary N) is 1. The molecule has 0 aliphatic heterocycles. The zero-order valence-corrected chi connectivity index (χ0v) is 10.2. The highest BCUT2D eigenvalue weighted by Crippen LogP contribution is 2.14. The Balaban J connectivity index is 2.06. The Kier molecular flexibility index (Phi) is 3.37. The molecule has 0 aliphatic carbocycles. The molecule has 3 heteroatoms. The van der Waals surface area contributed by atoms with E-state index in [0.717, 1.165) is 5.69 Å². The fourth-order valence-electron chi connectivity index (χ4n) is 1.38. The fourth-order valence-corrected chi connectivity index (χ4v) is 2.16. The summed E-state index contributed by atoms with van der Waals surface area (Å²) in [5.41, 5.74) is 6.56. The van der Waals surface area contributed by atoms with Crippen molar-refractivity contribution in [3.8, 4) is 0 Å². The first-order valence-corrected chi connectivity index (χ1v) is 6.04. The molecule has 0 amide bonds. The van der Waals surface area contributed by atoms with E-state index < -0.39 is 0 Å². The summed E-state index contributed by atoms with van der Waals surface area (Å²) in [7, 11) is 0. The predicted octanol–water partition coefficient (Wildman–Crippen LogP) is 3.81. The van der Waals surface area contributed by atoms with Crippen molar-refractivity contribution < 1.29 is 0 Å². The van der Waals surface area contributed by atoms with Crippen molar-refractivity contribution in [2.45, 2.75) is 13.8 Å². The lowest BCUT2D eigenvalue weighted by atomic mass is 10.2. The molecule has 0 radical (unpaired) electrons. The van der Waals surface area contributed by atoms with E-state index in [-0.39, 0.29) is 0 Å². The van der Waals surface area contributed by atoms with Crippen LogP contribution in [0.2, 0.25) is 0 Å². The molecule has 1 N–H and O–H groups in total. The van der Waals surface area contributed by atoms with Gasteiger partial charge in [0.25, 0.3) is 0 Å². The van der Waals surface area contributed by atoms with Gasteiger partial charge in [0, 0.05) is 4.88 Å². The van der Waals surface area contributed by atoms with Crippen LogP contribution in [-0.4, -0.2) is 6.21 Å². The number of benzene rings is 1. The van der Waals surface area contributed by atoms with E-state index in [1.165, 1.54) is 16.0 Å². The first kappa shape index (κ1) is 10.9. The van der Waals surface area contributed by atoms with Gasteiger partial charge < -0.3 is 0 Å². The number of hydrogen-bond acceptors (Lipinski definition) is 3. The van der Waals surface area contributed by atoms with Crippen LogP contribution < -0.4 is 5.43 Å². The van der Waals surface area contributed by atoms with Crippen molar-refractivity contribution in [1.82, 2.24) is 0 Å². The van der Waals surface area contributed by atoms with E-state index in [1.807, 2.05) is 24.4 Å². The van der Waals surface area contributed by atoms with Crippen LogP contribution in [0.15, 0.2) is 40.8 Å². The maximum Gasteiger partial charge on any atom is 0.0647 e. The van der Waals surface area contributed by atoms with Crippen molar-refractivity contribution in [3.63, 3.8) is 0 Å². The summed E-state index contributed by atoms with van der Waals surface area (Å²) >= 11 is 1.70. The molecule has 0 fully saturated rings. The number of aryl methyl sites for hydroxylation is 2. The second-order valence-electron chi connectivity index (χ2n) is 3.65. The highest BCUT2D eigenvalue weighted by atomic mass is 32.1. The van der Waals surface area contributed by atoms with Crippen LogP contribution in [0.25, 0.3) is 0 Å². The Morgan fingerprint density at radius 1 is 1.12 bits per heavy atom. The average Bonchev–Trinajstić information content (AvgIpc) is 2.67. The van der Waals surface area contributed by atoms with Crippen LogP contribution in [0.3, 0.4) is 0 Å². The van der Waals surface area contributed by atoms with Crippen molar-refractivity contribution in [1.29, 1.82) is 0 Å². The Morgan fingerprint density at radius 3 is 2.62 bits per heavy atom. The van der Waals surface area contributed by atoms with E-state index >= 15 is 0 Å². The second-order valence-corrected chi connectivity index (χ2v) is 4.60. The third-order valence-corrected chi connectivity index (χ3v) is 3.37. The summed E-state index contributed by atoms with van der Waals surface area (Å²) in [4.78, 5) is 1.20. The third-order valence-electron chi connectivity index (χ3n) is 2.41. The highest BCUT2D eigenvalue weighted by Gasteiger charge is 1.95. The van der Waals surface area contributed by atoms with Gasteiger partial charge >= 0.3 is 0 Å². The molecule has 0 aliphatic rings. The summed E-state index contributed by atoms with van der Waals surface area (Å²) < 4.78 is 0. The molecule has 1 aromatic carbocycles. The maximum atomic E-state index is 4.24. The van der Waals surface area contributed by atoms with Crippen LogP contribution in [0.4, 0.5) is 5.69 Å². The summed E-state index contributed by atoms with van der Waals surface area (Å²) in [6.07, 6.45) is 1.87. The molecule has 1 heterocycles.